The van der Waals surface area contributed by atoms with Gasteiger partial charge in [-0.3, -0.25) is 38.8 Å². The number of benzene rings is 4. The molecule has 0 amide bonds. The Hall–Kier alpha value is -7.16. The number of hydrogen-bond donors (Lipinski definition) is 4. The first-order chi connectivity index (χ1) is 81.8. The van der Waals surface area contributed by atoms with E-state index in [1.54, 1.807) is 0 Å². The van der Waals surface area contributed by atoms with Crippen LogP contribution in [-0.4, -0.2) is 201 Å². The van der Waals surface area contributed by atoms with Crippen LogP contribution in [0.25, 0.3) is 0 Å². The molecule has 4 saturated heterocycles. The Morgan fingerprint density at radius 3 is 0.842 bits per heavy atom. The zero-order chi connectivity index (χ0) is 144. The first-order valence-electron chi connectivity index (χ1n) is 70.1. The lowest BCUT2D eigenvalue weighted by Gasteiger charge is -2.47. The van der Waals surface area contributed by atoms with Gasteiger partial charge in [-0.2, -0.15) is 0 Å². The summed E-state index contributed by atoms with van der Waals surface area (Å²) >= 11 is 0. The van der Waals surface area contributed by atoms with Crippen molar-refractivity contribution in [1.82, 2.24) is 19.6 Å². The van der Waals surface area contributed by atoms with Gasteiger partial charge in [0.05, 0.1) is 84.1 Å². The van der Waals surface area contributed by atoms with Crippen molar-refractivity contribution in [2.24, 2.45) is 93.8 Å². The number of hydrogen-bond acceptors (Lipinski definition) is 24. The molecule has 20 atom stereocenters. The number of nitrogens with zero attached hydrogens (tertiary/aromatic N) is 4. The maximum atomic E-state index is 13.4. The van der Waals surface area contributed by atoms with Gasteiger partial charge < -0.3 is 79.8 Å². The fraction of sp³-hybridized carbons (Fsp3) is 0.708. The highest BCUT2D eigenvalue weighted by Gasteiger charge is 2.47. The summed E-state index contributed by atoms with van der Waals surface area (Å²) in [5.74, 6) is -42.6. The van der Waals surface area contributed by atoms with Crippen LogP contribution in [-0.2, 0) is 63.8 Å². The highest BCUT2D eigenvalue weighted by molar-refractivity contribution is 5.77. The summed E-state index contributed by atoms with van der Waals surface area (Å²) in [5, 5.41) is 0. The van der Waals surface area contributed by atoms with Gasteiger partial charge in [0.1, 0.15) is 48.5 Å². The molecule has 4 fully saturated rings. The number of methoxy groups -OCH3 is 8. The lowest BCUT2D eigenvalue weighted by atomic mass is 9.79. The van der Waals surface area contributed by atoms with Crippen LogP contribution in [0.15, 0.2) is 48.3 Å². The van der Waals surface area contributed by atoms with Gasteiger partial charge in [0.25, 0.3) is 0 Å². The summed E-state index contributed by atoms with van der Waals surface area (Å²) in [7, 11) is 0.218. The molecule has 0 spiro atoms. The number of esters is 4. The van der Waals surface area contributed by atoms with Crippen LogP contribution in [0.2, 0.25) is 0 Å². The van der Waals surface area contributed by atoms with E-state index in [4.69, 9.17) is 132 Å². The molecule has 120 heavy (non-hydrogen) atoms. The van der Waals surface area contributed by atoms with Crippen molar-refractivity contribution in [2.75, 3.05) is 109 Å². The van der Waals surface area contributed by atoms with Crippen molar-refractivity contribution in [3.8, 4) is 46.0 Å². The third-order valence-electron chi connectivity index (χ3n) is 18.9. The SMILES string of the molecule is [2H]c1c2c(c([2H])c(OC)c1OC([2H])([2H])[2H])C1([2H])N(CC2)C([2H])([2H])C([2H])(C([2H])([2H])C([2H])(C)C([2H])([2H])[2H])C(OC(=O)[C@@H](N)C(C)C)C1([2H])[2H].[2H]c1c2c(c([2H])c(OC)c1OC([2H])([2H])[2H])C1([2H])N(CC2)C([2H])([2H])C([2H])(C([2H])([2H])C([2H])(C)C([2H])([2H])[2H])C([2H])(OC(=O)[C@@H](N)C(C)C)C1([2H])[2H].[2H]c1c2c(c([2H])c(OC)c1OC)C1([2H])N(CC2)C([2H])([2H])C([2H])(C([2H])([2H])C([2H])(C)C([2H])([2H])[2H])C(OC(=O)[C@@H](N)C(C)C)C1([2H])[2H].[2H]c1c2c(c([2H])c(OC)c1OC)C1([2H])N(CC2)C([2H])([2H])C([2H])(C([2H])([2H])C([2H])(C)C([2H])([2H])[2H])C([2H])(OC(=O)[C@@H](N)C(C)C)C1([2H])[2H]. The lowest BCUT2D eigenvalue weighted by Crippen LogP contribution is -2.51. The Bertz CT molecular complexity index is 7220. The minimum absolute atomic E-state index is 0.0872. The summed E-state index contributed by atoms with van der Waals surface area (Å²) in [6.07, 6.45) is -47.0. The predicted octanol–water partition coefficient (Wildman–Crippen LogP) is 14.3. The maximum Gasteiger partial charge on any atom is 0.323 e. The topological polar surface area (TPSA) is 296 Å². The minimum atomic E-state index is -4.27. The molecular formula is C96H152N8O16. The van der Waals surface area contributed by atoms with Crippen LogP contribution >= 0.6 is 0 Å². The molecule has 8 N–H and O–H groups in total. The van der Waals surface area contributed by atoms with Crippen LogP contribution < -0.4 is 60.8 Å². The minimum Gasteiger partial charge on any atom is -0.493 e. The molecule has 672 valence electrons. The largest absolute Gasteiger partial charge is 0.493 e. The second-order valence-corrected chi connectivity index (χ2v) is 29.3. The smallest absolute Gasteiger partial charge is 0.323 e. The monoisotopic (exact) mass is 1740 g/mol. The highest BCUT2D eigenvalue weighted by Crippen LogP contribution is 2.50. The van der Waals surface area contributed by atoms with E-state index in [1.165, 1.54) is 69.6 Å². The molecule has 8 aliphatic heterocycles. The fourth-order valence-electron chi connectivity index (χ4n) is 12.3. The molecule has 16 unspecified atom stereocenters. The van der Waals surface area contributed by atoms with E-state index in [2.05, 4.69) is 0 Å². The number of carbonyl (C=O) groups is 4. The average molecular weight is 1740 g/mol. The fourth-order valence-corrected chi connectivity index (χ4v) is 12.3. The predicted molar refractivity (Wildman–Crippen MR) is 471 cm³/mol. The Morgan fingerprint density at radius 1 is 0.375 bits per heavy atom. The second-order valence-electron chi connectivity index (χ2n) is 29.3. The molecule has 8 heterocycles. The quantitative estimate of drug-likeness (QED) is 0.0303. The Balaban J connectivity index is 0.000000267. The van der Waals surface area contributed by atoms with Crippen molar-refractivity contribution in [3.05, 3.63) is 92.8 Å². The summed E-state index contributed by atoms with van der Waals surface area (Å²) in [4.78, 5) is 54.7. The molecule has 12 rings (SSSR count). The summed E-state index contributed by atoms with van der Waals surface area (Å²) in [6.45, 7) is -18.2. The van der Waals surface area contributed by atoms with Gasteiger partial charge >= 0.3 is 23.9 Å². The van der Waals surface area contributed by atoms with Gasteiger partial charge in [0, 0.05) is 186 Å². The van der Waals surface area contributed by atoms with Crippen LogP contribution in [0.4, 0.5) is 0 Å². The Morgan fingerprint density at radius 2 is 0.600 bits per heavy atom. The maximum absolute atomic E-state index is 13.4. The van der Waals surface area contributed by atoms with Crippen molar-refractivity contribution in [3.63, 3.8) is 0 Å². The van der Waals surface area contributed by atoms with Gasteiger partial charge in [0.15, 0.2) is 46.0 Å². The van der Waals surface area contributed by atoms with Crippen molar-refractivity contribution in [2.45, 2.75) is 260 Å². The molecule has 0 aromatic heterocycles. The van der Waals surface area contributed by atoms with Crippen molar-refractivity contribution >= 4 is 23.9 Å². The van der Waals surface area contributed by atoms with E-state index < -0.39 is 424 Å². The molecule has 4 aromatic rings. The van der Waals surface area contributed by atoms with Gasteiger partial charge in [-0.15, -0.1) is 0 Å². The molecule has 24 heteroatoms. The number of nitrogens with two attached hydrogens (primary N) is 4. The number of piperidine rings is 4. The zero-order valence-corrected chi connectivity index (χ0v) is 70.1. The Kier molecular flexibility index (Phi) is 15.1. The highest BCUT2D eigenvalue weighted by atomic mass is 16.6. The molecule has 0 bridgehead atoms. The molecule has 8 aliphatic rings. The Labute approximate surface area is 808 Å². The third kappa shape index (κ3) is 23.8. The summed E-state index contributed by atoms with van der Waals surface area (Å²) in [5.41, 5.74) is 19.7. The van der Waals surface area contributed by atoms with Crippen LogP contribution in [0.5, 0.6) is 46.0 Å². The normalized spacial score (nSPS) is 45.2. The van der Waals surface area contributed by atoms with Gasteiger partial charge in [-0.1, -0.05) is 110 Å². The van der Waals surface area contributed by atoms with Crippen LogP contribution in [0.3, 0.4) is 0 Å². The van der Waals surface area contributed by atoms with E-state index in [0.29, 0.717) is 42.4 Å². The molecule has 0 aliphatic carbocycles. The van der Waals surface area contributed by atoms with Gasteiger partial charge in [0.2, 0.25) is 0 Å². The lowest BCUT2D eigenvalue weighted by molar-refractivity contribution is -0.161. The number of ether oxygens (including phenoxy) is 12. The van der Waals surface area contributed by atoms with E-state index in [1.807, 2.05) is 0 Å². The van der Waals surface area contributed by atoms with E-state index >= 15 is 0 Å². The average Bonchev–Trinajstić information content (AvgIpc) is 0.641. The van der Waals surface area contributed by atoms with Crippen LogP contribution in [0, 0.1) is 70.8 Å². The number of rotatable bonds is 28. The third-order valence-corrected chi connectivity index (χ3v) is 18.9. The molecule has 0 radical (unpaired) electrons. The van der Waals surface area contributed by atoms with E-state index in [0.717, 1.165) is 28.4 Å². The van der Waals surface area contributed by atoms with Crippen molar-refractivity contribution in [1.29, 1.82) is 0 Å². The number of fused-ring (bicyclic) bond motifs is 12. The summed E-state index contributed by atoms with van der Waals surface area (Å²) < 4.78 is 620. The standard InChI is InChI=1S/4C24H38N2O4/c4*1-14(2)9-17-13-26-8-7-16-10-21(28-5)22(29-6)11-18(16)19(26)12-20(17)30-24(27)23(25)15(3)4/h4*10-11,14-15,17,19-20,23H,7-9,12-13,25H2,1-6H3/t4*17?,19?,20?,23-/m0000/s1/i1D3,5D3,9D2,10D,11D,12D2,13D2,14D,17D,19D,20D;1D3,9D2,10D,11D,12D2,13D2,14D,17D,19D,20D;1D3,5D3,9D2,10D,11D,12D2,13D2,14D,17D,19D;1D3,9D2,10D,11D,12D2,13D2,14D,17D,19D/t4*14?,17?,19?,20?,23-. The number of carbonyl (C=O) groups excluding carboxylic acids is 4. The van der Waals surface area contributed by atoms with E-state index in [9.17, 15) is 54.8 Å². The summed E-state index contributed by atoms with van der Waals surface area (Å²) in [6, 6.07) is -25.2. The molecule has 0 saturated carbocycles. The second kappa shape index (κ2) is 43.9. The van der Waals surface area contributed by atoms with Crippen LogP contribution in [0.1, 0.15) is 318 Å². The van der Waals surface area contributed by atoms with Gasteiger partial charge in [-0.05, 0) is 191 Å². The van der Waals surface area contributed by atoms with Crippen molar-refractivity contribution < 1.29 is 164 Å². The molecule has 24 nitrogen and oxygen atoms in total. The zero-order valence-electron chi connectivity index (χ0n) is 134. The van der Waals surface area contributed by atoms with E-state index in [-0.39, 0.29) is 57.7 Å². The molecule has 4 aromatic carbocycles. The molecular weight excluding hydrogens is 1520 g/mol. The van der Waals surface area contributed by atoms with Gasteiger partial charge in [-0.25, -0.2) is 0 Å². The first kappa shape index (κ1) is 41.3. The first-order valence-corrected chi connectivity index (χ1v) is 38.1.